The van der Waals surface area contributed by atoms with Gasteiger partial charge in [0.25, 0.3) is 0 Å². The smallest absolute Gasteiger partial charge is 0.229 e. The Bertz CT molecular complexity index is 1280. The van der Waals surface area contributed by atoms with E-state index in [0.29, 0.717) is 23.9 Å². The number of fused-ring (bicyclic) bond motifs is 1. The number of benzene rings is 1. The molecule has 1 aliphatic heterocycles. The standard InChI is InChI=1S/C22H22ClN7OS/c1-13-28-29-21(32-13)11-30-12-26-18-5-4-14(7-19(18)30)16-8-20(25-10-17(16)23)27-22(31)15-3-2-6-24-9-15/h4-5,7-8,10,12,15,24H,2-3,6,9,11H2,1H3,(H,25,27,31)/t15-/m1/s1. The number of carbonyl (C=O) groups is 1. The molecule has 0 spiro atoms. The zero-order chi connectivity index (χ0) is 22.1. The van der Waals surface area contributed by atoms with Crippen LogP contribution in [0.15, 0.2) is 36.8 Å². The average molecular weight is 468 g/mol. The molecule has 1 atom stereocenters. The highest BCUT2D eigenvalue weighted by Crippen LogP contribution is 2.32. The van der Waals surface area contributed by atoms with Gasteiger partial charge in [0.1, 0.15) is 15.8 Å². The molecule has 0 bridgehead atoms. The number of piperidine rings is 1. The molecule has 3 aromatic heterocycles. The van der Waals surface area contributed by atoms with Crippen LogP contribution in [0.1, 0.15) is 22.9 Å². The van der Waals surface area contributed by atoms with Gasteiger partial charge in [-0.15, -0.1) is 10.2 Å². The molecule has 0 aliphatic carbocycles. The van der Waals surface area contributed by atoms with Crippen LogP contribution >= 0.6 is 22.9 Å². The van der Waals surface area contributed by atoms with Crippen LogP contribution in [0.3, 0.4) is 0 Å². The largest absolute Gasteiger partial charge is 0.324 e. The number of halogens is 1. The number of aromatic nitrogens is 5. The number of imidazole rings is 1. The summed E-state index contributed by atoms with van der Waals surface area (Å²) in [6, 6.07) is 7.82. The van der Waals surface area contributed by atoms with Crippen LogP contribution in [0.4, 0.5) is 5.82 Å². The third kappa shape index (κ3) is 4.36. The molecule has 32 heavy (non-hydrogen) atoms. The summed E-state index contributed by atoms with van der Waals surface area (Å²) >= 11 is 8.06. The molecule has 5 rings (SSSR count). The van der Waals surface area contributed by atoms with Gasteiger partial charge in [0.15, 0.2) is 0 Å². The van der Waals surface area contributed by atoms with Crippen LogP contribution in [0.5, 0.6) is 0 Å². The number of hydrogen-bond donors (Lipinski definition) is 2. The fourth-order valence-electron chi connectivity index (χ4n) is 3.93. The van der Waals surface area contributed by atoms with Gasteiger partial charge in [-0.05, 0) is 50.1 Å². The Morgan fingerprint density at radius 1 is 1.31 bits per heavy atom. The van der Waals surface area contributed by atoms with Gasteiger partial charge in [0, 0.05) is 18.3 Å². The number of nitrogens with zero attached hydrogens (tertiary/aromatic N) is 5. The number of amides is 1. The number of pyridine rings is 1. The van der Waals surface area contributed by atoms with Crippen molar-refractivity contribution in [3.05, 3.63) is 51.8 Å². The summed E-state index contributed by atoms with van der Waals surface area (Å²) in [6.07, 6.45) is 5.27. The second-order valence-electron chi connectivity index (χ2n) is 7.87. The van der Waals surface area contributed by atoms with E-state index in [1.165, 1.54) is 0 Å². The molecule has 2 N–H and O–H groups in total. The highest BCUT2D eigenvalue weighted by molar-refractivity contribution is 7.11. The Morgan fingerprint density at radius 2 is 2.22 bits per heavy atom. The van der Waals surface area contributed by atoms with E-state index in [0.717, 1.165) is 51.6 Å². The summed E-state index contributed by atoms with van der Waals surface area (Å²) in [5, 5.41) is 16.9. The topological polar surface area (TPSA) is 97.6 Å². The van der Waals surface area contributed by atoms with Gasteiger partial charge in [0.2, 0.25) is 5.91 Å². The Labute approximate surface area is 194 Å². The maximum atomic E-state index is 12.6. The van der Waals surface area contributed by atoms with Gasteiger partial charge in [-0.1, -0.05) is 29.0 Å². The SMILES string of the molecule is Cc1nnc(Cn2cnc3ccc(-c4cc(NC(=O)[C@@H]5CCCNC5)ncc4Cl)cc32)s1. The molecule has 1 saturated heterocycles. The quantitative estimate of drug-likeness (QED) is 0.462. The Morgan fingerprint density at radius 3 is 3.00 bits per heavy atom. The normalized spacial score (nSPS) is 16.4. The first-order chi connectivity index (χ1) is 15.6. The van der Waals surface area contributed by atoms with Crippen molar-refractivity contribution < 1.29 is 4.79 Å². The lowest BCUT2D eigenvalue weighted by Crippen LogP contribution is -2.37. The van der Waals surface area contributed by atoms with E-state index < -0.39 is 0 Å². The molecule has 0 saturated carbocycles. The van der Waals surface area contributed by atoms with E-state index >= 15 is 0 Å². The highest BCUT2D eigenvalue weighted by atomic mass is 35.5. The van der Waals surface area contributed by atoms with Crippen LogP contribution in [0, 0.1) is 12.8 Å². The maximum Gasteiger partial charge on any atom is 0.229 e. The molecular formula is C22H22ClN7OS. The summed E-state index contributed by atoms with van der Waals surface area (Å²) in [7, 11) is 0. The van der Waals surface area contributed by atoms with Gasteiger partial charge >= 0.3 is 0 Å². The van der Waals surface area contributed by atoms with Gasteiger partial charge in [-0.25, -0.2) is 9.97 Å². The monoisotopic (exact) mass is 467 g/mol. The summed E-state index contributed by atoms with van der Waals surface area (Å²) in [5.74, 6) is 0.441. The van der Waals surface area contributed by atoms with E-state index in [1.807, 2.05) is 42.1 Å². The summed E-state index contributed by atoms with van der Waals surface area (Å²) < 4.78 is 2.05. The summed E-state index contributed by atoms with van der Waals surface area (Å²) in [6.45, 7) is 4.20. The number of carbonyl (C=O) groups excluding carboxylic acids is 1. The van der Waals surface area contributed by atoms with E-state index in [1.54, 1.807) is 17.5 Å². The first-order valence-electron chi connectivity index (χ1n) is 10.5. The van der Waals surface area contributed by atoms with Crippen LogP contribution in [0.2, 0.25) is 5.02 Å². The molecular weight excluding hydrogens is 446 g/mol. The fourth-order valence-corrected chi connectivity index (χ4v) is 4.85. The zero-order valence-electron chi connectivity index (χ0n) is 17.5. The van der Waals surface area contributed by atoms with Crippen LogP contribution in [0.25, 0.3) is 22.2 Å². The molecule has 4 aromatic rings. The fraction of sp³-hybridized carbons (Fsp3) is 0.318. The number of hydrogen-bond acceptors (Lipinski definition) is 7. The van der Waals surface area contributed by atoms with Crippen molar-refractivity contribution in [2.24, 2.45) is 5.92 Å². The lowest BCUT2D eigenvalue weighted by molar-refractivity contribution is -0.120. The molecule has 1 aromatic carbocycles. The van der Waals surface area contributed by atoms with Crippen molar-refractivity contribution in [3.63, 3.8) is 0 Å². The predicted octanol–water partition coefficient (Wildman–Crippen LogP) is 3.90. The number of anilines is 1. The van der Waals surface area contributed by atoms with Crippen molar-refractivity contribution in [3.8, 4) is 11.1 Å². The maximum absolute atomic E-state index is 12.6. The number of nitrogens with one attached hydrogen (secondary N) is 2. The zero-order valence-corrected chi connectivity index (χ0v) is 19.1. The van der Waals surface area contributed by atoms with Crippen LogP contribution in [-0.2, 0) is 11.3 Å². The van der Waals surface area contributed by atoms with Crippen LogP contribution < -0.4 is 10.6 Å². The van der Waals surface area contributed by atoms with Crippen molar-refractivity contribution in [1.29, 1.82) is 0 Å². The first-order valence-corrected chi connectivity index (χ1v) is 11.7. The minimum absolute atomic E-state index is 0.0150. The van der Waals surface area contributed by atoms with Gasteiger partial charge in [-0.3, -0.25) is 4.79 Å². The molecule has 8 nitrogen and oxygen atoms in total. The molecule has 1 fully saturated rings. The van der Waals surface area contributed by atoms with Crippen molar-refractivity contribution in [2.75, 3.05) is 18.4 Å². The molecule has 1 aliphatic rings. The minimum Gasteiger partial charge on any atom is -0.324 e. The van der Waals surface area contributed by atoms with Gasteiger partial charge in [0.05, 0.1) is 34.8 Å². The van der Waals surface area contributed by atoms with Gasteiger partial charge < -0.3 is 15.2 Å². The third-order valence-electron chi connectivity index (χ3n) is 5.58. The Hall–Kier alpha value is -2.88. The minimum atomic E-state index is -0.0423. The number of rotatable bonds is 5. The molecule has 10 heteroatoms. The number of aryl methyl sites for hydroxylation is 1. The van der Waals surface area contributed by atoms with E-state index in [4.69, 9.17) is 11.6 Å². The molecule has 0 radical (unpaired) electrons. The highest BCUT2D eigenvalue weighted by Gasteiger charge is 2.21. The summed E-state index contributed by atoms with van der Waals surface area (Å²) in [4.78, 5) is 21.4. The third-order valence-corrected chi connectivity index (χ3v) is 6.70. The lowest BCUT2D eigenvalue weighted by atomic mass is 9.99. The summed E-state index contributed by atoms with van der Waals surface area (Å²) in [5.41, 5.74) is 3.59. The van der Waals surface area contributed by atoms with Crippen molar-refractivity contribution in [1.82, 2.24) is 30.0 Å². The second-order valence-corrected chi connectivity index (χ2v) is 9.55. The van der Waals surface area contributed by atoms with E-state index in [2.05, 4.69) is 30.8 Å². The van der Waals surface area contributed by atoms with Crippen molar-refractivity contribution >= 4 is 45.7 Å². The van der Waals surface area contributed by atoms with Crippen molar-refractivity contribution in [2.45, 2.75) is 26.3 Å². The Balaban J connectivity index is 1.43. The predicted molar refractivity (Wildman–Crippen MR) is 126 cm³/mol. The molecule has 1 amide bonds. The molecule has 0 unspecified atom stereocenters. The van der Waals surface area contributed by atoms with Crippen LogP contribution in [-0.4, -0.2) is 43.7 Å². The molecule has 164 valence electrons. The lowest BCUT2D eigenvalue weighted by Gasteiger charge is -2.21. The van der Waals surface area contributed by atoms with E-state index in [-0.39, 0.29) is 11.8 Å². The van der Waals surface area contributed by atoms with Gasteiger partial charge in [-0.2, -0.15) is 0 Å². The molecule has 4 heterocycles. The Kier molecular flexibility index (Phi) is 5.86. The van der Waals surface area contributed by atoms with E-state index in [9.17, 15) is 4.79 Å². The first kappa shape index (κ1) is 21.0. The average Bonchev–Trinajstić information content (AvgIpc) is 3.41. The second kappa shape index (κ2) is 8.93.